The van der Waals surface area contributed by atoms with Gasteiger partial charge in [-0.2, -0.15) is 0 Å². The van der Waals surface area contributed by atoms with Crippen LogP contribution in [-0.4, -0.2) is 27.1 Å². The Morgan fingerprint density at radius 1 is 1.04 bits per heavy atom. The molecule has 1 N–H and O–H groups in total. The molecule has 27 heavy (non-hydrogen) atoms. The smallest absolute Gasteiger partial charge is 0.251 e. The summed E-state index contributed by atoms with van der Waals surface area (Å²) in [6.07, 6.45) is 0.782. The van der Waals surface area contributed by atoms with Gasteiger partial charge >= 0.3 is 0 Å². The van der Waals surface area contributed by atoms with Crippen LogP contribution in [-0.2, 0) is 10.0 Å². The molecule has 0 saturated carbocycles. The molecule has 2 aromatic rings. The Hall–Kier alpha value is -2.34. The zero-order valence-corrected chi connectivity index (χ0v) is 17.4. The molecule has 0 radical (unpaired) electrons. The summed E-state index contributed by atoms with van der Waals surface area (Å²) in [6, 6.07) is 12.8. The summed E-state index contributed by atoms with van der Waals surface area (Å²) in [5, 5.41) is 3.07. The molecule has 2 rings (SSSR count). The number of carbonyl (C=O) groups excluding carboxylic acids is 1. The SMILES string of the molecule is CC[C@H](NC(=O)c1ccc(N(C)S(=O)(=O)CC)cc1)c1ccc(C)c(C)c1. The first-order chi connectivity index (χ1) is 12.7. The number of benzene rings is 2. The lowest BCUT2D eigenvalue weighted by molar-refractivity contribution is 0.0935. The van der Waals surface area contributed by atoms with Gasteiger partial charge in [-0.1, -0.05) is 25.1 Å². The maximum absolute atomic E-state index is 12.6. The molecule has 1 atom stereocenters. The summed E-state index contributed by atoms with van der Waals surface area (Å²) in [5.74, 6) is -0.146. The van der Waals surface area contributed by atoms with E-state index in [1.54, 1.807) is 31.2 Å². The summed E-state index contributed by atoms with van der Waals surface area (Å²) >= 11 is 0. The molecule has 0 heterocycles. The van der Waals surface area contributed by atoms with Crippen molar-refractivity contribution in [2.75, 3.05) is 17.1 Å². The number of nitrogens with one attached hydrogen (secondary N) is 1. The molecule has 0 aliphatic rings. The minimum absolute atomic E-state index is 0.0277. The van der Waals surface area contributed by atoms with Crippen LogP contribution < -0.4 is 9.62 Å². The van der Waals surface area contributed by atoms with Gasteiger partial charge in [0.2, 0.25) is 10.0 Å². The topological polar surface area (TPSA) is 66.5 Å². The molecule has 6 heteroatoms. The number of hydrogen-bond donors (Lipinski definition) is 1. The molecule has 0 fully saturated rings. The molecular weight excluding hydrogens is 360 g/mol. The van der Waals surface area contributed by atoms with Crippen molar-refractivity contribution >= 4 is 21.6 Å². The number of hydrogen-bond acceptors (Lipinski definition) is 3. The lowest BCUT2D eigenvalue weighted by Gasteiger charge is -2.20. The van der Waals surface area contributed by atoms with E-state index < -0.39 is 10.0 Å². The Balaban J connectivity index is 2.16. The lowest BCUT2D eigenvalue weighted by atomic mass is 9.99. The van der Waals surface area contributed by atoms with Gasteiger partial charge < -0.3 is 5.32 Å². The van der Waals surface area contributed by atoms with Gasteiger partial charge in [0.25, 0.3) is 5.91 Å². The summed E-state index contributed by atoms with van der Waals surface area (Å²) in [4.78, 5) is 12.6. The predicted octanol–water partition coefficient (Wildman–Crippen LogP) is 3.97. The van der Waals surface area contributed by atoms with Crippen LogP contribution in [0.3, 0.4) is 0 Å². The highest BCUT2D eigenvalue weighted by Crippen LogP contribution is 2.21. The van der Waals surface area contributed by atoms with E-state index in [0.29, 0.717) is 11.3 Å². The number of rotatable bonds is 7. The molecule has 2 aromatic carbocycles. The van der Waals surface area contributed by atoms with Crippen molar-refractivity contribution in [2.24, 2.45) is 0 Å². The molecule has 0 aliphatic carbocycles. The van der Waals surface area contributed by atoms with Crippen molar-refractivity contribution in [1.29, 1.82) is 0 Å². The highest BCUT2D eigenvalue weighted by Gasteiger charge is 2.18. The second kappa shape index (κ2) is 8.57. The molecule has 0 unspecified atom stereocenters. The van der Waals surface area contributed by atoms with Crippen LogP contribution in [0.4, 0.5) is 5.69 Å². The van der Waals surface area contributed by atoms with Crippen LogP contribution in [0.25, 0.3) is 0 Å². The van der Waals surface area contributed by atoms with Crippen molar-refractivity contribution in [3.63, 3.8) is 0 Å². The molecule has 0 aliphatic heterocycles. The van der Waals surface area contributed by atoms with Crippen molar-refractivity contribution in [2.45, 2.75) is 40.2 Å². The van der Waals surface area contributed by atoms with Crippen LogP contribution in [0.2, 0.25) is 0 Å². The van der Waals surface area contributed by atoms with Gasteiger partial charge in [0, 0.05) is 12.6 Å². The maximum Gasteiger partial charge on any atom is 0.251 e. The first kappa shape index (κ1) is 21.0. The Labute approximate surface area is 162 Å². The van der Waals surface area contributed by atoms with E-state index in [0.717, 1.165) is 12.0 Å². The van der Waals surface area contributed by atoms with Gasteiger partial charge in [0.05, 0.1) is 17.5 Å². The fourth-order valence-corrected chi connectivity index (χ4v) is 3.65. The van der Waals surface area contributed by atoms with Gasteiger partial charge in [0.1, 0.15) is 0 Å². The summed E-state index contributed by atoms with van der Waals surface area (Å²) in [7, 11) is -1.80. The lowest BCUT2D eigenvalue weighted by Crippen LogP contribution is -2.29. The Morgan fingerprint density at radius 3 is 2.19 bits per heavy atom. The van der Waals surface area contributed by atoms with E-state index in [-0.39, 0.29) is 17.7 Å². The molecule has 5 nitrogen and oxygen atoms in total. The normalized spacial score (nSPS) is 12.5. The standard InChI is InChI=1S/C21H28N2O3S/c1-6-20(18-9-8-15(3)16(4)14-18)22-21(24)17-10-12-19(13-11-17)23(5)27(25,26)7-2/h8-14,20H,6-7H2,1-5H3,(H,22,24)/t20-/m0/s1. The van der Waals surface area contributed by atoms with Crippen molar-refractivity contribution in [3.8, 4) is 0 Å². The third-order valence-corrected chi connectivity index (χ3v) is 6.70. The second-order valence-corrected chi connectivity index (χ2v) is 8.98. The minimum atomic E-state index is -3.32. The van der Waals surface area contributed by atoms with Crippen LogP contribution in [0.1, 0.15) is 53.4 Å². The Morgan fingerprint density at radius 2 is 1.67 bits per heavy atom. The van der Waals surface area contributed by atoms with Gasteiger partial charge in [0.15, 0.2) is 0 Å². The molecule has 146 valence electrons. The first-order valence-corrected chi connectivity index (χ1v) is 10.7. The first-order valence-electron chi connectivity index (χ1n) is 9.14. The fourth-order valence-electron chi connectivity index (χ4n) is 2.82. The quantitative estimate of drug-likeness (QED) is 0.780. The maximum atomic E-state index is 12.6. The zero-order valence-electron chi connectivity index (χ0n) is 16.6. The number of sulfonamides is 1. The van der Waals surface area contributed by atoms with Crippen molar-refractivity contribution in [3.05, 3.63) is 64.7 Å². The van der Waals surface area contributed by atoms with Crippen LogP contribution >= 0.6 is 0 Å². The van der Waals surface area contributed by atoms with Crippen LogP contribution in [0.5, 0.6) is 0 Å². The molecule has 0 aromatic heterocycles. The van der Waals surface area contributed by atoms with Gasteiger partial charge in [-0.05, 0) is 68.1 Å². The zero-order chi connectivity index (χ0) is 20.2. The Bertz CT molecular complexity index is 906. The summed E-state index contributed by atoms with van der Waals surface area (Å²) in [6.45, 7) is 7.77. The highest BCUT2D eigenvalue weighted by molar-refractivity contribution is 7.92. The third kappa shape index (κ3) is 4.89. The monoisotopic (exact) mass is 388 g/mol. The summed E-state index contributed by atoms with van der Waals surface area (Å²) in [5.41, 5.74) is 4.55. The van der Waals surface area contributed by atoms with E-state index in [2.05, 4.69) is 31.3 Å². The van der Waals surface area contributed by atoms with Crippen molar-refractivity contribution in [1.82, 2.24) is 5.32 Å². The number of nitrogens with zero attached hydrogens (tertiary/aromatic N) is 1. The molecule has 1 amide bonds. The number of anilines is 1. The van der Waals surface area contributed by atoms with Gasteiger partial charge in [-0.15, -0.1) is 0 Å². The van der Waals surface area contributed by atoms with E-state index >= 15 is 0 Å². The molecule has 0 saturated heterocycles. The molecule has 0 spiro atoms. The van der Waals surface area contributed by atoms with E-state index in [1.165, 1.54) is 22.5 Å². The second-order valence-electron chi connectivity index (χ2n) is 6.69. The highest BCUT2D eigenvalue weighted by atomic mass is 32.2. The average molecular weight is 389 g/mol. The fraction of sp³-hybridized carbons (Fsp3) is 0.381. The third-order valence-electron chi connectivity index (χ3n) is 4.92. The van der Waals surface area contributed by atoms with E-state index in [9.17, 15) is 13.2 Å². The molecular formula is C21H28N2O3S. The van der Waals surface area contributed by atoms with Crippen LogP contribution in [0.15, 0.2) is 42.5 Å². The number of amides is 1. The largest absolute Gasteiger partial charge is 0.345 e. The van der Waals surface area contributed by atoms with Crippen LogP contribution in [0, 0.1) is 13.8 Å². The predicted molar refractivity (Wildman–Crippen MR) is 111 cm³/mol. The van der Waals surface area contributed by atoms with Crippen molar-refractivity contribution < 1.29 is 13.2 Å². The van der Waals surface area contributed by atoms with E-state index in [4.69, 9.17) is 0 Å². The number of aryl methyl sites for hydroxylation is 2. The number of carbonyl (C=O) groups is 1. The average Bonchev–Trinajstić information content (AvgIpc) is 2.67. The van der Waals surface area contributed by atoms with E-state index in [1.807, 2.05) is 13.0 Å². The van der Waals surface area contributed by atoms with Gasteiger partial charge in [-0.3, -0.25) is 9.10 Å². The Kier molecular flexibility index (Phi) is 6.65. The molecule has 0 bridgehead atoms. The van der Waals surface area contributed by atoms with Gasteiger partial charge in [-0.25, -0.2) is 8.42 Å². The summed E-state index contributed by atoms with van der Waals surface area (Å²) < 4.78 is 25.2. The minimum Gasteiger partial charge on any atom is -0.345 e.